The Morgan fingerprint density at radius 1 is 1.65 bits per heavy atom. The van der Waals surface area contributed by atoms with Gasteiger partial charge in [-0.25, -0.2) is 4.39 Å². The van der Waals surface area contributed by atoms with E-state index >= 15 is 0 Å². The Hall–Kier alpha value is -1.21. The van der Waals surface area contributed by atoms with Crippen LogP contribution in [0.4, 0.5) is 10.1 Å². The maximum absolute atomic E-state index is 13.7. The van der Waals surface area contributed by atoms with Gasteiger partial charge in [-0.3, -0.25) is 10.8 Å². The molecule has 0 aliphatic rings. The minimum atomic E-state index is -0.526. The summed E-state index contributed by atoms with van der Waals surface area (Å²) in [6.07, 6.45) is 0. The van der Waals surface area contributed by atoms with Crippen LogP contribution in [0, 0.1) is 26.1 Å². The first-order valence-electron chi connectivity index (χ1n) is 4.19. The highest BCUT2D eigenvalue weighted by molar-refractivity contribution is 14.1. The monoisotopic (exact) mass is 409 g/mol. The van der Waals surface area contributed by atoms with Crippen molar-refractivity contribution in [2.75, 3.05) is 5.43 Å². The van der Waals surface area contributed by atoms with Gasteiger partial charge in [-0.1, -0.05) is 0 Å². The predicted octanol–water partition coefficient (Wildman–Crippen LogP) is 2.42. The molecule has 0 atom stereocenters. The zero-order valence-electron chi connectivity index (χ0n) is 8.26. The van der Waals surface area contributed by atoms with Crippen molar-refractivity contribution in [3.8, 4) is 6.07 Å². The van der Waals surface area contributed by atoms with Crippen LogP contribution < -0.4 is 11.2 Å². The second kappa shape index (κ2) is 5.92. The molecular weight excluding hydrogens is 404 g/mol. The van der Waals surface area contributed by atoms with Gasteiger partial charge in [0.2, 0.25) is 5.71 Å². The number of halogens is 3. The van der Waals surface area contributed by atoms with E-state index in [0.717, 1.165) is 0 Å². The van der Waals surface area contributed by atoms with Crippen LogP contribution in [0.25, 0.3) is 0 Å². The lowest BCUT2D eigenvalue weighted by Gasteiger charge is -2.06. The number of nitrogens with one attached hydrogen (secondary N) is 2. The van der Waals surface area contributed by atoms with E-state index in [1.807, 2.05) is 22.6 Å². The normalized spacial score (nSPS) is 10.8. The van der Waals surface area contributed by atoms with Crippen molar-refractivity contribution in [1.29, 1.82) is 10.7 Å². The molecule has 88 valence electrons. The molecule has 0 aliphatic carbocycles. The van der Waals surface area contributed by atoms with Gasteiger partial charge in [-0.05, 0) is 50.7 Å². The van der Waals surface area contributed by atoms with Gasteiger partial charge in [0.1, 0.15) is 11.8 Å². The summed E-state index contributed by atoms with van der Waals surface area (Å²) in [5.41, 5.74) is 7.30. The summed E-state index contributed by atoms with van der Waals surface area (Å²) in [4.78, 5) is 0. The molecule has 1 rings (SSSR count). The Labute approximate surface area is 119 Å². The third-order valence-corrected chi connectivity index (χ3v) is 3.20. The molecule has 0 fully saturated rings. The molecule has 0 unspecified atom stereocenters. The van der Waals surface area contributed by atoms with Crippen LogP contribution in [0.1, 0.15) is 0 Å². The molecule has 0 bridgehead atoms. The molecule has 0 radical (unpaired) electrons. The second-order valence-electron chi connectivity index (χ2n) is 2.82. The van der Waals surface area contributed by atoms with Gasteiger partial charge in [0, 0.05) is 3.57 Å². The van der Waals surface area contributed by atoms with Crippen molar-refractivity contribution in [2.24, 2.45) is 10.8 Å². The quantitative estimate of drug-likeness (QED) is 0.235. The van der Waals surface area contributed by atoms with E-state index in [-0.39, 0.29) is 15.9 Å². The van der Waals surface area contributed by atoms with Crippen LogP contribution in [-0.2, 0) is 0 Å². The molecule has 4 N–H and O–H groups in total. The van der Waals surface area contributed by atoms with Gasteiger partial charge < -0.3 is 5.73 Å². The van der Waals surface area contributed by atoms with Gasteiger partial charge in [0.05, 0.1) is 4.47 Å². The van der Waals surface area contributed by atoms with Gasteiger partial charge in [0.15, 0.2) is 11.7 Å². The first-order chi connectivity index (χ1) is 7.97. The Kier molecular flexibility index (Phi) is 4.83. The van der Waals surface area contributed by atoms with E-state index < -0.39 is 11.7 Å². The molecular formula is C9H6BrFIN5. The van der Waals surface area contributed by atoms with Crippen molar-refractivity contribution >= 4 is 55.8 Å². The van der Waals surface area contributed by atoms with E-state index in [1.54, 1.807) is 18.2 Å². The van der Waals surface area contributed by atoms with Gasteiger partial charge >= 0.3 is 0 Å². The van der Waals surface area contributed by atoms with Gasteiger partial charge in [0.25, 0.3) is 0 Å². The highest BCUT2D eigenvalue weighted by Crippen LogP contribution is 2.28. The van der Waals surface area contributed by atoms with Crippen molar-refractivity contribution in [3.63, 3.8) is 0 Å². The van der Waals surface area contributed by atoms with Crippen molar-refractivity contribution in [1.82, 2.24) is 0 Å². The lowest BCUT2D eigenvalue weighted by molar-refractivity contribution is 0.623. The highest BCUT2D eigenvalue weighted by Gasteiger charge is 2.10. The maximum Gasteiger partial charge on any atom is 0.201 e. The number of nitriles is 1. The lowest BCUT2D eigenvalue weighted by atomic mass is 10.3. The van der Waals surface area contributed by atoms with Crippen LogP contribution in [0.5, 0.6) is 0 Å². The number of amidine groups is 1. The summed E-state index contributed by atoms with van der Waals surface area (Å²) in [5, 5.41) is 19.2. The second-order valence-corrected chi connectivity index (χ2v) is 4.83. The fourth-order valence-electron chi connectivity index (χ4n) is 0.887. The number of benzene rings is 1. The predicted molar refractivity (Wildman–Crippen MR) is 75.4 cm³/mol. The molecule has 8 heteroatoms. The maximum atomic E-state index is 13.7. The van der Waals surface area contributed by atoms with E-state index in [1.165, 1.54) is 0 Å². The molecule has 17 heavy (non-hydrogen) atoms. The fourth-order valence-corrected chi connectivity index (χ4v) is 1.75. The summed E-state index contributed by atoms with van der Waals surface area (Å²) >= 11 is 4.95. The number of hydrazone groups is 1. The number of nitrogens with zero attached hydrogens (tertiary/aromatic N) is 2. The largest absolute Gasteiger partial charge is 0.382 e. The minimum absolute atomic E-state index is 0.119. The van der Waals surface area contributed by atoms with Crippen molar-refractivity contribution in [2.45, 2.75) is 0 Å². The molecule has 0 aliphatic heterocycles. The molecule has 0 spiro atoms. The number of anilines is 1. The van der Waals surface area contributed by atoms with E-state index in [4.69, 9.17) is 16.4 Å². The third kappa shape index (κ3) is 3.37. The van der Waals surface area contributed by atoms with Crippen LogP contribution in [0.3, 0.4) is 0 Å². The Morgan fingerprint density at radius 3 is 2.82 bits per heavy atom. The SMILES string of the molecule is N#C/C(=N\Nc1c(I)ccc(Br)c1F)C(=N)N. The molecule has 0 aromatic heterocycles. The fraction of sp³-hybridized carbons (Fsp3) is 0. The smallest absolute Gasteiger partial charge is 0.201 e. The number of hydrogen-bond donors (Lipinski definition) is 3. The number of hydrogen-bond acceptors (Lipinski definition) is 4. The molecule has 0 heterocycles. The van der Waals surface area contributed by atoms with Crippen LogP contribution in [-0.4, -0.2) is 11.5 Å². The molecule has 1 aromatic carbocycles. The van der Waals surface area contributed by atoms with Crippen molar-refractivity contribution in [3.05, 3.63) is 26.0 Å². The molecule has 1 aromatic rings. The van der Waals surface area contributed by atoms with Crippen molar-refractivity contribution < 1.29 is 4.39 Å². The molecule has 0 saturated heterocycles. The zero-order chi connectivity index (χ0) is 13.0. The Morgan fingerprint density at radius 2 is 2.29 bits per heavy atom. The summed E-state index contributed by atoms with van der Waals surface area (Å²) < 4.78 is 14.5. The molecule has 0 amide bonds. The van der Waals surface area contributed by atoms with Gasteiger partial charge in [-0.15, -0.1) is 0 Å². The van der Waals surface area contributed by atoms with Crippen LogP contribution >= 0.6 is 38.5 Å². The van der Waals surface area contributed by atoms with E-state index in [9.17, 15) is 4.39 Å². The third-order valence-electron chi connectivity index (χ3n) is 1.68. The first kappa shape index (κ1) is 13.9. The van der Waals surface area contributed by atoms with E-state index in [0.29, 0.717) is 3.57 Å². The molecule has 5 nitrogen and oxygen atoms in total. The Bertz CT molecular complexity index is 537. The van der Waals surface area contributed by atoms with E-state index in [2.05, 4.69) is 26.5 Å². The summed E-state index contributed by atoms with van der Waals surface area (Å²) in [6, 6.07) is 4.86. The van der Waals surface area contributed by atoms with Gasteiger partial charge in [-0.2, -0.15) is 10.4 Å². The number of rotatable bonds is 3. The lowest BCUT2D eigenvalue weighted by Crippen LogP contribution is -2.22. The first-order valence-corrected chi connectivity index (χ1v) is 6.06. The average Bonchev–Trinajstić information content (AvgIpc) is 2.28. The topological polar surface area (TPSA) is 98.0 Å². The zero-order valence-corrected chi connectivity index (χ0v) is 12.0. The summed E-state index contributed by atoms with van der Waals surface area (Å²) in [6.45, 7) is 0. The number of nitrogens with two attached hydrogens (primary N) is 1. The minimum Gasteiger partial charge on any atom is -0.382 e. The average molecular weight is 410 g/mol. The molecule has 0 saturated carbocycles. The Balaban J connectivity index is 3.09. The standard InChI is InChI=1S/C9H6BrFIN5/c10-4-1-2-5(12)8(7(4)11)17-16-6(3-13)9(14)15/h1-2,17H,(H3,14,15)/b16-6+. The van der Waals surface area contributed by atoms with Crippen LogP contribution in [0.15, 0.2) is 21.7 Å². The highest BCUT2D eigenvalue weighted by atomic mass is 127. The summed E-state index contributed by atoms with van der Waals surface area (Å²) in [7, 11) is 0. The summed E-state index contributed by atoms with van der Waals surface area (Å²) in [5.74, 6) is -1.01. The van der Waals surface area contributed by atoms with Crippen LogP contribution in [0.2, 0.25) is 0 Å².